The van der Waals surface area contributed by atoms with Crippen LogP contribution in [0.4, 0.5) is 0 Å². The van der Waals surface area contributed by atoms with Crippen molar-refractivity contribution in [2.45, 2.75) is 0 Å². The zero-order chi connectivity index (χ0) is 41.0. The number of fused-ring (bicyclic) bond motifs is 6. The van der Waals surface area contributed by atoms with Crippen LogP contribution in [0.3, 0.4) is 0 Å². The number of nitrogens with zero attached hydrogens (tertiary/aromatic N) is 4. The lowest BCUT2D eigenvalue weighted by atomic mass is 9.99. The SMILES string of the molecule is c1ccc(-c2cccc(-c3cc(-c4ccccc4)nc(-c4cc(-c5ccccc5)cc(-n5c6ccccc6c6cc(-n7c8ccccc8c8ccccc87)ccc65)c4)n3)c2)cc1. The van der Waals surface area contributed by atoms with Crippen LogP contribution in [0.25, 0.3) is 111 Å². The second kappa shape index (κ2) is 14.7. The molecule has 12 aromatic rings. The maximum atomic E-state index is 5.38. The minimum absolute atomic E-state index is 0.667. The molecule has 0 fully saturated rings. The summed E-state index contributed by atoms with van der Waals surface area (Å²) in [5, 5.41) is 4.89. The van der Waals surface area contributed by atoms with E-state index in [9.17, 15) is 0 Å². The molecule has 0 saturated carbocycles. The van der Waals surface area contributed by atoms with E-state index in [1.165, 1.54) is 38.1 Å². The third kappa shape index (κ3) is 6.08. The summed E-state index contributed by atoms with van der Waals surface area (Å²) < 4.78 is 4.80. The molecule has 0 aliphatic rings. The van der Waals surface area contributed by atoms with E-state index in [-0.39, 0.29) is 0 Å². The first-order valence-corrected chi connectivity index (χ1v) is 21.1. The van der Waals surface area contributed by atoms with Crippen molar-refractivity contribution in [3.8, 4) is 67.5 Å². The van der Waals surface area contributed by atoms with E-state index in [1.807, 2.05) is 6.07 Å². The van der Waals surface area contributed by atoms with Crippen LogP contribution in [-0.4, -0.2) is 19.1 Å². The van der Waals surface area contributed by atoms with Crippen molar-refractivity contribution in [1.29, 1.82) is 0 Å². The monoisotopic (exact) mass is 790 g/mol. The lowest BCUT2D eigenvalue weighted by Gasteiger charge is -2.15. The van der Waals surface area contributed by atoms with Crippen LogP contribution >= 0.6 is 0 Å². The van der Waals surface area contributed by atoms with Gasteiger partial charge in [0.15, 0.2) is 5.82 Å². The first kappa shape index (κ1) is 35.6. The summed E-state index contributed by atoms with van der Waals surface area (Å²) in [4.78, 5) is 10.7. The Balaban J connectivity index is 1.08. The molecule has 0 atom stereocenters. The molecule has 0 aliphatic carbocycles. The zero-order valence-electron chi connectivity index (χ0n) is 33.7. The van der Waals surface area contributed by atoms with E-state index in [4.69, 9.17) is 9.97 Å². The summed E-state index contributed by atoms with van der Waals surface area (Å²) >= 11 is 0. The van der Waals surface area contributed by atoms with Crippen molar-refractivity contribution in [2.75, 3.05) is 0 Å². The third-order valence-electron chi connectivity index (χ3n) is 12.1. The van der Waals surface area contributed by atoms with Crippen LogP contribution in [0.15, 0.2) is 231 Å². The number of para-hydroxylation sites is 3. The molecule has 0 saturated heterocycles. The summed E-state index contributed by atoms with van der Waals surface area (Å²) in [6.07, 6.45) is 0. The largest absolute Gasteiger partial charge is 0.309 e. The van der Waals surface area contributed by atoms with Gasteiger partial charge in [-0.05, 0) is 89.0 Å². The minimum atomic E-state index is 0.667. The van der Waals surface area contributed by atoms with E-state index in [0.717, 1.165) is 67.2 Å². The highest BCUT2D eigenvalue weighted by atomic mass is 15.0. The molecule has 290 valence electrons. The number of aromatic nitrogens is 4. The quantitative estimate of drug-likeness (QED) is 0.161. The summed E-state index contributed by atoms with van der Waals surface area (Å²) in [7, 11) is 0. The van der Waals surface area contributed by atoms with Gasteiger partial charge in [-0.2, -0.15) is 0 Å². The Kier molecular flexibility index (Phi) is 8.46. The van der Waals surface area contributed by atoms with Gasteiger partial charge in [0.2, 0.25) is 0 Å². The maximum Gasteiger partial charge on any atom is 0.160 e. The third-order valence-corrected chi connectivity index (χ3v) is 12.1. The number of hydrogen-bond acceptors (Lipinski definition) is 2. The van der Waals surface area contributed by atoms with Crippen LogP contribution < -0.4 is 0 Å². The molecule has 0 aliphatic heterocycles. The molecule has 4 heteroatoms. The highest BCUT2D eigenvalue weighted by Crippen LogP contribution is 2.39. The van der Waals surface area contributed by atoms with Gasteiger partial charge in [-0.25, -0.2) is 9.97 Å². The van der Waals surface area contributed by atoms with Gasteiger partial charge in [-0.15, -0.1) is 0 Å². The fourth-order valence-corrected chi connectivity index (χ4v) is 9.22. The molecule has 0 N–H and O–H groups in total. The van der Waals surface area contributed by atoms with E-state index >= 15 is 0 Å². The second-order valence-electron chi connectivity index (χ2n) is 15.8. The first-order chi connectivity index (χ1) is 30.7. The number of hydrogen-bond donors (Lipinski definition) is 0. The lowest BCUT2D eigenvalue weighted by molar-refractivity contribution is 1.15. The van der Waals surface area contributed by atoms with Crippen LogP contribution in [0.5, 0.6) is 0 Å². The summed E-state index contributed by atoms with van der Waals surface area (Å²) in [6.45, 7) is 0. The van der Waals surface area contributed by atoms with Crippen LogP contribution in [0, 0.1) is 0 Å². The van der Waals surface area contributed by atoms with Gasteiger partial charge in [0.25, 0.3) is 0 Å². The summed E-state index contributed by atoms with van der Waals surface area (Å²) in [6, 6.07) is 82.2. The Labute approximate surface area is 359 Å². The molecule has 3 heterocycles. The summed E-state index contributed by atoms with van der Waals surface area (Å²) in [5.41, 5.74) is 16.1. The Morgan fingerprint density at radius 3 is 1.31 bits per heavy atom. The highest BCUT2D eigenvalue weighted by molar-refractivity contribution is 6.12. The van der Waals surface area contributed by atoms with Gasteiger partial charge in [0, 0.05) is 49.6 Å². The molecule has 0 spiro atoms. The smallest absolute Gasteiger partial charge is 0.160 e. The van der Waals surface area contributed by atoms with Crippen molar-refractivity contribution < 1.29 is 0 Å². The lowest BCUT2D eigenvalue weighted by Crippen LogP contribution is -2.00. The van der Waals surface area contributed by atoms with Gasteiger partial charge < -0.3 is 9.13 Å². The summed E-state index contributed by atoms with van der Waals surface area (Å²) in [5.74, 6) is 0.667. The van der Waals surface area contributed by atoms with Gasteiger partial charge >= 0.3 is 0 Å². The standard InChI is InChI=1S/C58H38N4/c1-4-17-39(18-5-1)42-23-16-24-43(33-42)53-38-52(41-21-8-3-9-22-41)59-58(60-53)45-34-44(40-19-6-2-7-20-40)35-47(36-45)62-56-30-15-12-27-50(56)51-37-46(31-32-57(51)62)61-54-28-13-10-25-48(54)49-26-11-14-29-55(49)61/h1-38H. The second-order valence-corrected chi connectivity index (χ2v) is 15.8. The van der Waals surface area contributed by atoms with E-state index < -0.39 is 0 Å². The molecule has 3 aromatic heterocycles. The molecule has 0 amide bonds. The Hall–Kier alpha value is -8.34. The average Bonchev–Trinajstić information content (AvgIpc) is 3.87. The molecule has 0 radical (unpaired) electrons. The van der Waals surface area contributed by atoms with E-state index in [2.05, 4.69) is 234 Å². The highest BCUT2D eigenvalue weighted by Gasteiger charge is 2.19. The van der Waals surface area contributed by atoms with Crippen molar-refractivity contribution in [2.24, 2.45) is 0 Å². The number of benzene rings is 9. The molecule has 0 bridgehead atoms. The van der Waals surface area contributed by atoms with Gasteiger partial charge in [-0.3, -0.25) is 0 Å². The fourth-order valence-electron chi connectivity index (χ4n) is 9.22. The van der Waals surface area contributed by atoms with Crippen LogP contribution in [0.2, 0.25) is 0 Å². The predicted octanol–water partition coefficient (Wildman–Crippen LogP) is 15.0. The topological polar surface area (TPSA) is 35.6 Å². The maximum absolute atomic E-state index is 5.38. The van der Waals surface area contributed by atoms with Crippen molar-refractivity contribution >= 4 is 43.6 Å². The van der Waals surface area contributed by atoms with Gasteiger partial charge in [0.05, 0.1) is 33.5 Å². The van der Waals surface area contributed by atoms with Crippen molar-refractivity contribution in [3.63, 3.8) is 0 Å². The molecule has 62 heavy (non-hydrogen) atoms. The molecular weight excluding hydrogens is 753 g/mol. The molecule has 12 rings (SSSR count). The molecule has 9 aromatic carbocycles. The van der Waals surface area contributed by atoms with Crippen molar-refractivity contribution in [1.82, 2.24) is 19.1 Å². The Bertz CT molecular complexity index is 3570. The average molecular weight is 791 g/mol. The van der Waals surface area contributed by atoms with Gasteiger partial charge in [0.1, 0.15) is 0 Å². The molecule has 4 nitrogen and oxygen atoms in total. The Morgan fingerprint density at radius 1 is 0.242 bits per heavy atom. The minimum Gasteiger partial charge on any atom is -0.309 e. The Morgan fingerprint density at radius 2 is 0.677 bits per heavy atom. The predicted molar refractivity (Wildman–Crippen MR) is 258 cm³/mol. The van der Waals surface area contributed by atoms with Gasteiger partial charge in [-0.1, -0.05) is 164 Å². The van der Waals surface area contributed by atoms with Crippen LogP contribution in [-0.2, 0) is 0 Å². The molecule has 0 unspecified atom stereocenters. The zero-order valence-corrected chi connectivity index (χ0v) is 33.7. The van der Waals surface area contributed by atoms with E-state index in [0.29, 0.717) is 5.82 Å². The van der Waals surface area contributed by atoms with Crippen molar-refractivity contribution in [3.05, 3.63) is 231 Å². The molecular formula is C58H38N4. The van der Waals surface area contributed by atoms with Crippen LogP contribution in [0.1, 0.15) is 0 Å². The normalized spacial score (nSPS) is 11.5. The number of rotatable bonds is 7. The van der Waals surface area contributed by atoms with E-state index in [1.54, 1.807) is 0 Å². The fraction of sp³-hybridized carbons (Fsp3) is 0. The first-order valence-electron chi connectivity index (χ1n) is 21.1.